The number of nitrogens with one attached hydrogen (secondary N) is 1. The number of benzene rings is 1. The summed E-state index contributed by atoms with van der Waals surface area (Å²) < 4.78 is 52.9. The second-order valence-electron chi connectivity index (χ2n) is 4.43. The third kappa shape index (κ3) is 5.45. The standard InChI is InChI=1S/C12H13ClF4N2.2ClH/c13-9-5-8(6-10(14)7-9)11(12(15,16)17)19-3-1-18-2-4-19;;/h5-7,11,18H,1-4H2;2*1H/t11-;;/m1../s1. The van der Waals surface area contributed by atoms with Crippen molar-refractivity contribution in [2.75, 3.05) is 26.2 Å². The van der Waals surface area contributed by atoms with Gasteiger partial charge in [-0.25, -0.2) is 4.39 Å². The molecule has 0 radical (unpaired) electrons. The molecule has 1 fully saturated rings. The van der Waals surface area contributed by atoms with Gasteiger partial charge in [0.25, 0.3) is 0 Å². The number of alkyl halides is 3. The zero-order valence-corrected chi connectivity index (χ0v) is 13.2. The highest BCUT2D eigenvalue weighted by molar-refractivity contribution is 6.30. The van der Waals surface area contributed by atoms with Gasteiger partial charge in [-0.2, -0.15) is 13.2 Å². The van der Waals surface area contributed by atoms with Crippen molar-refractivity contribution in [1.29, 1.82) is 0 Å². The van der Waals surface area contributed by atoms with Gasteiger partial charge in [0.05, 0.1) is 0 Å². The predicted molar refractivity (Wildman–Crippen MR) is 79.1 cm³/mol. The topological polar surface area (TPSA) is 15.3 Å². The summed E-state index contributed by atoms with van der Waals surface area (Å²) in [7, 11) is 0. The molecule has 2 rings (SSSR count). The molecule has 0 aromatic heterocycles. The smallest absolute Gasteiger partial charge is 0.314 e. The lowest BCUT2D eigenvalue weighted by Crippen LogP contribution is -2.49. The molecule has 122 valence electrons. The molecule has 1 aromatic carbocycles. The first-order chi connectivity index (χ1) is 8.88. The normalized spacial score (nSPS) is 17.6. The molecular weight excluding hydrogens is 354 g/mol. The van der Waals surface area contributed by atoms with Crippen molar-refractivity contribution in [2.45, 2.75) is 12.2 Å². The van der Waals surface area contributed by atoms with E-state index in [0.717, 1.165) is 12.1 Å². The molecule has 1 N–H and O–H groups in total. The first-order valence-electron chi connectivity index (χ1n) is 5.85. The summed E-state index contributed by atoms with van der Waals surface area (Å²) in [6.07, 6.45) is -4.46. The highest BCUT2D eigenvalue weighted by atomic mass is 35.5. The van der Waals surface area contributed by atoms with Gasteiger partial charge in [0, 0.05) is 31.2 Å². The number of piperazine rings is 1. The Kier molecular flexibility index (Phi) is 8.28. The third-order valence-corrected chi connectivity index (χ3v) is 3.25. The van der Waals surface area contributed by atoms with E-state index >= 15 is 0 Å². The molecule has 1 aliphatic rings. The molecule has 1 aromatic rings. The van der Waals surface area contributed by atoms with E-state index in [9.17, 15) is 17.6 Å². The third-order valence-electron chi connectivity index (χ3n) is 3.03. The maximum absolute atomic E-state index is 13.3. The largest absolute Gasteiger partial charge is 0.408 e. The van der Waals surface area contributed by atoms with Gasteiger partial charge in [-0.3, -0.25) is 4.90 Å². The molecule has 0 spiro atoms. The number of hydrogen-bond donors (Lipinski definition) is 1. The zero-order chi connectivity index (χ0) is 14.0. The van der Waals surface area contributed by atoms with Crippen molar-refractivity contribution >= 4 is 36.4 Å². The minimum Gasteiger partial charge on any atom is -0.314 e. The van der Waals surface area contributed by atoms with Crippen LogP contribution in [0.15, 0.2) is 18.2 Å². The first-order valence-corrected chi connectivity index (χ1v) is 6.23. The Morgan fingerprint density at radius 2 is 1.67 bits per heavy atom. The molecular formula is C12H15Cl3F4N2. The summed E-state index contributed by atoms with van der Waals surface area (Å²) >= 11 is 5.64. The average molecular weight is 370 g/mol. The zero-order valence-electron chi connectivity index (χ0n) is 10.8. The van der Waals surface area contributed by atoms with Crippen LogP contribution in [0.4, 0.5) is 17.6 Å². The number of nitrogens with zero attached hydrogens (tertiary/aromatic N) is 1. The summed E-state index contributed by atoms with van der Waals surface area (Å²) in [5.74, 6) is -0.758. The van der Waals surface area contributed by atoms with Crippen LogP contribution in [-0.2, 0) is 0 Å². The first kappa shape index (κ1) is 20.7. The van der Waals surface area contributed by atoms with Crippen LogP contribution in [0.25, 0.3) is 0 Å². The van der Waals surface area contributed by atoms with Crippen molar-refractivity contribution in [3.8, 4) is 0 Å². The quantitative estimate of drug-likeness (QED) is 0.797. The Hall–Kier alpha value is -0.270. The lowest BCUT2D eigenvalue weighted by molar-refractivity contribution is -0.187. The summed E-state index contributed by atoms with van der Waals surface area (Å²) in [6, 6.07) is 1.25. The summed E-state index contributed by atoms with van der Waals surface area (Å²) in [5, 5.41) is 2.96. The Morgan fingerprint density at radius 1 is 1.10 bits per heavy atom. The molecule has 1 atom stereocenters. The molecule has 21 heavy (non-hydrogen) atoms. The average Bonchev–Trinajstić information content (AvgIpc) is 2.27. The van der Waals surface area contributed by atoms with E-state index in [0.29, 0.717) is 13.1 Å². The Bertz CT molecular complexity index is 430. The maximum Gasteiger partial charge on any atom is 0.408 e. The van der Waals surface area contributed by atoms with E-state index in [-0.39, 0.29) is 48.5 Å². The van der Waals surface area contributed by atoms with E-state index in [1.165, 1.54) is 11.0 Å². The SMILES string of the molecule is Cl.Cl.Fc1cc(Cl)cc([C@@H](N2CCNCC2)C(F)(F)F)c1. The molecule has 1 heterocycles. The molecule has 1 aliphatic heterocycles. The van der Waals surface area contributed by atoms with Crippen molar-refractivity contribution in [3.63, 3.8) is 0 Å². The van der Waals surface area contributed by atoms with Crippen LogP contribution in [0.3, 0.4) is 0 Å². The van der Waals surface area contributed by atoms with Crippen molar-refractivity contribution in [3.05, 3.63) is 34.6 Å². The van der Waals surface area contributed by atoms with Gasteiger partial charge >= 0.3 is 6.18 Å². The molecule has 0 bridgehead atoms. The molecule has 0 aliphatic carbocycles. The van der Waals surface area contributed by atoms with Crippen molar-refractivity contribution in [2.24, 2.45) is 0 Å². The molecule has 0 saturated carbocycles. The lowest BCUT2D eigenvalue weighted by Gasteiger charge is -2.36. The van der Waals surface area contributed by atoms with E-state index in [1.807, 2.05) is 0 Å². The molecule has 0 unspecified atom stereocenters. The Morgan fingerprint density at radius 3 is 2.14 bits per heavy atom. The molecule has 2 nitrogen and oxygen atoms in total. The van der Waals surface area contributed by atoms with Gasteiger partial charge in [0.1, 0.15) is 11.9 Å². The van der Waals surface area contributed by atoms with Crippen molar-refractivity contribution < 1.29 is 17.6 Å². The van der Waals surface area contributed by atoms with Gasteiger partial charge in [0.15, 0.2) is 0 Å². The van der Waals surface area contributed by atoms with Crippen LogP contribution >= 0.6 is 36.4 Å². The van der Waals surface area contributed by atoms with E-state index in [4.69, 9.17) is 11.6 Å². The van der Waals surface area contributed by atoms with Crippen LogP contribution in [0.2, 0.25) is 5.02 Å². The van der Waals surface area contributed by atoms with Crippen LogP contribution in [0, 0.1) is 5.82 Å². The van der Waals surface area contributed by atoms with Gasteiger partial charge in [-0.15, -0.1) is 24.8 Å². The van der Waals surface area contributed by atoms with Gasteiger partial charge in [-0.05, 0) is 23.8 Å². The minimum atomic E-state index is -4.46. The second kappa shape index (κ2) is 8.39. The highest BCUT2D eigenvalue weighted by Gasteiger charge is 2.45. The summed E-state index contributed by atoms with van der Waals surface area (Å²) in [6.45, 7) is 1.49. The Labute approximate surface area is 137 Å². The van der Waals surface area contributed by atoms with Crippen molar-refractivity contribution in [1.82, 2.24) is 10.2 Å². The minimum absolute atomic E-state index is 0. The maximum atomic E-state index is 13.3. The fraction of sp³-hybridized carbons (Fsp3) is 0.500. The van der Waals surface area contributed by atoms with Gasteiger partial charge in [0.2, 0.25) is 0 Å². The number of rotatable bonds is 2. The highest BCUT2D eigenvalue weighted by Crippen LogP contribution is 2.38. The molecule has 9 heteroatoms. The fourth-order valence-corrected chi connectivity index (χ4v) is 2.51. The van der Waals surface area contributed by atoms with Crippen LogP contribution in [0.5, 0.6) is 0 Å². The second-order valence-corrected chi connectivity index (χ2v) is 4.87. The number of hydrogen-bond acceptors (Lipinski definition) is 2. The number of halogens is 7. The Balaban J connectivity index is 0.00000200. The summed E-state index contributed by atoms with van der Waals surface area (Å²) in [4.78, 5) is 1.29. The van der Waals surface area contributed by atoms with Gasteiger partial charge < -0.3 is 5.32 Å². The molecule has 0 amide bonds. The van der Waals surface area contributed by atoms with Crippen LogP contribution in [-0.4, -0.2) is 37.3 Å². The fourth-order valence-electron chi connectivity index (χ4n) is 2.28. The molecule has 1 saturated heterocycles. The lowest BCUT2D eigenvalue weighted by atomic mass is 10.0. The van der Waals surface area contributed by atoms with Crippen LogP contribution < -0.4 is 5.32 Å². The van der Waals surface area contributed by atoms with Crippen LogP contribution in [0.1, 0.15) is 11.6 Å². The predicted octanol–water partition coefficient (Wildman–Crippen LogP) is 3.83. The van der Waals surface area contributed by atoms with E-state index in [1.54, 1.807) is 0 Å². The summed E-state index contributed by atoms with van der Waals surface area (Å²) in [5.41, 5.74) is -0.153. The van der Waals surface area contributed by atoms with E-state index in [2.05, 4.69) is 5.32 Å². The monoisotopic (exact) mass is 368 g/mol. The van der Waals surface area contributed by atoms with E-state index < -0.39 is 18.0 Å². The van der Waals surface area contributed by atoms with Gasteiger partial charge in [-0.1, -0.05) is 11.6 Å².